The summed E-state index contributed by atoms with van der Waals surface area (Å²) in [5.74, 6) is -0.154. The lowest BCUT2D eigenvalue weighted by Gasteiger charge is -2.16. The van der Waals surface area contributed by atoms with Crippen LogP contribution in [0.4, 0.5) is 14.7 Å². The van der Waals surface area contributed by atoms with E-state index in [2.05, 4.69) is 31.8 Å². The molecule has 1 aromatic carbocycles. The van der Waals surface area contributed by atoms with Gasteiger partial charge in [-0.15, -0.1) is 10.2 Å². The first-order valence-electron chi connectivity index (χ1n) is 9.98. The molecule has 0 radical (unpaired) electrons. The van der Waals surface area contributed by atoms with Crippen LogP contribution in [-0.4, -0.2) is 49.4 Å². The summed E-state index contributed by atoms with van der Waals surface area (Å²) >= 11 is 0. The number of methoxy groups -OCH3 is 1. The Balaban J connectivity index is 1.81. The van der Waals surface area contributed by atoms with E-state index in [0.717, 1.165) is 0 Å². The molecule has 166 valence electrons. The number of halogens is 2. The van der Waals surface area contributed by atoms with Gasteiger partial charge in [-0.2, -0.15) is 10.2 Å². The predicted octanol–water partition coefficient (Wildman–Crippen LogP) is 3.61. The van der Waals surface area contributed by atoms with Crippen molar-refractivity contribution in [3.8, 4) is 23.1 Å². The van der Waals surface area contributed by atoms with E-state index in [9.17, 15) is 9.65 Å². The summed E-state index contributed by atoms with van der Waals surface area (Å²) in [4.78, 5) is 4.34. The predicted molar refractivity (Wildman–Crippen MR) is 114 cm³/mol. The molecule has 0 amide bonds. The minimum absolute atomic E-state index is 0.0411. The van der Waals surface area contributed by atoms with Gasteiger partial charge in [0.05, 0.1) is 42.4 Å². The van der Waals surface area contributed by atoms with Crippen LogP contribution < -0.4 is 10.1 Å². The van der Waals surface area contributed by atoms with E-state index < -0.39 is 17.4 Å². The highest BCUT2D eigenvalue weighted by molar-refractivity contribution is 5.89. The Bertz CT molecular complexity index is 1340. The van der Waals surface area contributed by atoms with Crippen molar-refractivity contribution in [2.45, 2.75) is 33.5 Å². The first-order chi connectivity index (χ1) is 15.2. The number of alkyl halides is 1. The summed E-state index contributed by atoms with van der Waals surface area (Å²) in [6.07, 6.45) is 0.125. The molecule has 0 aliphatic carbocycles. The summed E-state index contributed by atoms with van der Waals surface area (Å²) in [6, 6.07) is 7.30. The van der Waals surface area contributed by atoms with Crippen molar-refractivity contribution < 1.29 is 13.5 Å². The lowest BCUT2D eigenvalue weighted by Crippen LogP contribution is -2.22. The molecule has 0 aliphatic heterocycles. The molecule has 4 aromatic rings. The molecule has 4 rings (SSSR count). The molecule has 9 nitrogen and oxygen atoms in total. The molecule has 0 unspecified atom stereocenters. The molecular formula is C21H22F2N8O. The molecule has 0 spiro atoms. The third-order valence-electron chi connectivity index (χ3n) is 4.96. The largest absolute Gasteiger partial charge is 0.479 e. The normalized spacial score (nSPS) is 12.8. The number of nitrogens with one attached hydrogen (secondary N) is 1. The Kier molecular flexibility index (Phi) is 5.38. The van der Waals surface area contributed by atoms with Gasteiger partial charge in [0, 0.05) is 6.54 Å². The smallest absolute Gasteiger partial charge is 0.244 e. The first-order valence-corrected chi connectivity index (χ1v) is 9.98. The van der Waals surface area contributed by atoms with E-state index in [0.29, 0.717) is 28.7 Å². The maximum absolute atomic E-state index is 15.1. The van der Waals surface area contributed by atoms with Crippen LogP contribution in [0.3, 0.4) is 0 Å². The molecule has 0 fully saturated rings. The number of ether oxygens (including phenoxy) is 1. The molecular weight excluding hydrogens is 418 g/mol. The Morgan fingerprint density at radius 2 is 2.12 bits per heavy atom. The summed E-state index contributed by atoms with van der Waals surface area (Å²) in [6.45, 7) is 5.34. The average Bonchev–Trinajstić information content (AvgIpc) is 3.30. The molecule has 3 aromatic heterocycles. The third-order valence-corrected chi connectivity index (χ3v) is 4.96. The van der Waals surface area contributed by atoms with Crippen molar-refractivity contribution in [3.05, 3.63) is 30.2 Å². The number of hydrogen-bond donors (Lipinski definition) is 1. The SMILES string of the molecule is COc1nc(NCC(C)(C)C#N)nn2cc(F)c(-c3ccc4nnn(C[C@@H](C)F)c4c3)c12. The number of hydrogen-bond acceptors (Lipinski definition) is 7. The average molecular weight is 440 g/mol. The standard InChI is InChI=1S/C21H22F2N8O/c1-12(22)8-30-16-7-13(5-6-15(16)27-29-30)17-14(23)9-31-18(17)19(32-4)26-20(28-31)25-11-21(2,3)10-24/h5-7,9,12H,8,11H2,1-4H3,(H,25,28)/t12-/m1/s1. The van der Waals surface area contributed by atoms with Crippen LogP contribution in [0.25, 0.3) is 27.7 Å². The fourth-order valence-electron chi connectivity index (χ4n) is 3.35. The van der Waals surface area contributed by atoms with Gasteiger partial charge >= 0.3 is 0 Å². The quantitative estimate of drug-likeness (QED) is 0.468. The van der Waals surface area contributed by atoms with Gasteiger partial charge in [-0.1, -0.05) is 11.3 Å². The highest BCUT2D eigenvalue weighted by Crippen LogP contribution is 2.35. The van der Waals surface area contributed by atoms with Crippen LogP contribution in [0.1, 0.15) is 20.8 Å². The van der Waals surface area contributed by atoms with E-state index in [1.54, 1.807) is 32.0 Å². The second-order valence-electron chi connectivity index (χ2n) is 8.19. The highest BCUT2D eigenvalue weighted by Gasteiger charge is 2.22. The molecule has 11 heteroatoms. The van der Waals surface area contributed by atoms with Crippen molar-refractivity contribution in [1.29, 1.82) is 5.26 Å². The van der Waals surface area contributed by atoms with Gasteiger partial charge in [0.2, 0.25) is 11.8 Å². The number of rotatable bonds is 7. The lowest BCUT2D eigenvalue weighted by molar-refractivity contribution is 0.310. The first kappa shape index (κ1) is 21.4. The van der Waals surface area contributed by atoms with E-state index in [4.69, 9.17) is 4.74 Å². The zero-order valence-electron chi connectivity index (χ0n) is 18.1. The van der Waals surface area contributed by atoms with Gasteiger partial charge in [-0.05, 0) is 38.5 Å². The summed E-state index contributed by atoms with van der Waals surface area (Å²) in [5, 5.41) is 24.5. The van der Waals surface area contributed by atoms with Crippen molar-refractivity contribution >= 4 is 22.5 Å². The topological polar surface area (TPSA) is 106 Å². The van der Waals surface area contributed by atoms with E-state index >= 15 is 4.39 Å². The number of fused-ring (bicyclic) bond motifs is 2. The fourth-order valence-corrected chi connectivity index (χ4v) is 3.35. The number of nitriles is 1. The van der Waals surface area contributed by atoms with E-state index in [1.165, 1.54) is 29.4 Å². The van der Waals surface area contributed by atoms with Crippen LogP contribution in [0, 0.1) is 22.6 Å². The molecule has 1 N–H and O–H groups in total. The number of nitrogens with zero attached hydrogens (tertiary/aromatic N) is 7. The maximum atomic E-state index is 15.1. The van der Waals surface area contributed by atoms with Gasteiger partial charge in [-0.25, -0.2) is 18.0 Å². The minimum atomic E-state index is -1.11. The van der Waals surface area contributed by atoms with Gasteiger partial charge in [0.15, 0.2) is 5.82 Å². The summed E-state index contributed by atoms with van der Waals surface area (Å²) in [7, 11) is 1.44. The van der Waals surface area contributed by atoms with Crippen LogP contribution in [0.5, 0.6) is 5.88 Å². The van der Waals surface area contributed by atoms with Gasteiger partial charge in [0.1, 0.15) is 17.2 Å². The molecule has 0 saturated carbocycles. The second kappa shape index (κ2) is 8.03. The third kappa shape index (κ3) is 3.91. The maximum Gasteiger partial charge on any atom is 0.244 e. The Hall–Kier alpha value is -3.81. The van der Waals surface area contributed by atoms with Crippen molar-refractivity contribution in [2.24, 2.45) is 5.41 Å². The Morgan fingerprint density at radius 3 is 2.81 bits per heavy atom. The number of anilines is 1. The highest BCUT2D eigenvalue weighted by atomic mass is 19.1. The molecule has 1 atom stereocenters. The van der Waals surface area contributed by atoms with Crippen LogP contribution >= 0.6 is 0 Å². The molecule has 3 heterocycles. The Morgan fingerprint density at radius 1 is 1.34 bits per heavy atom. The molecule has 0 saturated heterocycles. The minimum Gasteiger partial charge on any atom is -0.479 e. The van der Waals surface area contributed by atoms with Crippen LogP contribution in [-0.2, 0) is 6.54 Å². The van der Waals surface area contributed by atoms with Crippen LogP contribution in [0.15, 0.2) is 24.4 Å². The van der Waals surface area contributed by atoms with Gasteiger partial charge < -0.3 is 10.1 Å². The fraction of sp³-hybridized carbons (Fsp3) is 0.381. The zero-order valence-corrected chi connectivity index (χ0v) is 18.1. The van der Waals surface area contributed by atoms with Gasteiger partial charge in [0.25, 0.3) is 0 Å². The molecule has 32 heavy (non-hydrogen) atoms. The van der Waals surface area contributed by atoms with Crippen molar-refractivity contribution in [3.63, 3.8) is 0 Å². The number of benzene rings is 1. The Labute approximate surface area is 182 Å². The van der Waals surface area contributed by atoms with Gasteiger partial charge in [-0.3, -0.25) is 0 Å². The van der Waals surface area contributed by atoms with Crippen molar-refractivity contribution in [2.75, 3.05) is 19.0 Å². The lowest BCUT2D eigenvalue weighted by atomic mass is 9.96. The number of aromatic nitrogens is 6. The van der Waals surface area contributed by atoms with Crippen LogP contribution in [0.2, 0.25) is 0 Å². The summed E-state index contributed by atoms with van der Waals surface area (Å²) < 4.78 is 36.9. The summed E-state index contributed by atoms with van der Waals surface area (Å²) in [5.41, 5.74) is 1.64. The van der Waals surface area contributed by atoms with Crippen molar-refractivity contribution in [1.82, 2.24) is 29.6 Å². The molecule has 0 bridgehead atoms. The van der Waals surface area contributed by atoms with E-state index in [-0.39, 0.29) is 23.9 Å². The second-order valence-corrected chi connectivity index (χ2v) is 8.19. The van der Waals surface area contributed by atoms with E-state index in [1.807, 2.05) is 0 Å². The molecule has 0 aliphatic rings. The zero-order chi connectivity index (χ0) is 23.0. The monoisotopic (exact) mass is 440 g/mol.